The van der Waals surface area contributed by atoms with Crippen molar-refractivity contribution in [2.24, 2.45) is 15.4 Å². The molecule has 0 radical (unpaired) electrons. The minimum atomic E-state index is 0.402. The van der Waals surface area contributed by atoms with Crippen LogP contribution in [0.15, 0.2) is 39.5 Å². The first-order valence-electron chi connectivity index (χ1n) is 8.37. The number of nitriles is 1. The van der Waals surface area contributed by atoms with Gasteiger partial charge in [-0.05, 0) is 11.3 Å². The topological polar surface area (TPSA) is 113 Å². The zero-order valence-electron chi connectivity index (χ0n) is 15.5. The van der Waals surface area contributed by atoms with Crippen molar-refractivity contribution in [1.29, 1.82) is 5.26 Å². The van der Waals surface area contributed by atoms with Crippen molar-refractivity contribution in [2.75, 3.05) is 26.6 Å². The number of rotatable bonds is 5. The van der Waals surface area contributed by atoms with Crippen molar-refractivity contribution >= 4 is 23.2 Å². The molecule has 1 aliphatic heterocycles. The number of hydrogen-bond acceptors (Lipinski definition) is 9. The molecule has 1 N–H and O–H groups in total. The van der Waals surface area contributed by atoms with Gasteiger partial charge in [-0.1, -0.05) is 0 Å². The molecule has 9 heteroatoms. The predicted molar refractivity (Wildman–Crippen MR) is 102 cm³/mol. The second kappa shape index (κ2) is 7.00. The Morgan fingerprint density at radius 3 is 2.50 bits per heavy atom. The van der Waals surface area contributed by atoms with Gasteiger partial charge in [0.25, 0.3) is 0 Å². The number of anilines is 2. The van der Waals surface area contributed by atoms with Crippen molar-refractivity contribution in [3.05, 3.63) is 40.8 Å². The van der Waals surface area contributed by atoms with Crippen LogP contribution in [0.3, 0.4) is 0 Å². The van der Waals surface area contributed by atoms with Crippen LogP contribution in [0.2, 0.25) is 0 Å². The smallest absolute Gasteiger partial charge is 0.203 e. The number of fused-ring (bicyclic) bond motifs is 2. The quantitative estimate of drug-likeness (QED) is 0.855. The third-order valence-corrected chi connectivity index (χ3v) is 4.48. The molecule has 0 saturated carbocycles. The number of allylic oxidation sites excluding steroid dienone is 1. The molecule has 2 heterocycles. The van der Waals surface area contributed by atoms with Crippen molar-refractivity contribution in [2.45, 2.75) is 6.42 Å². The highest BCUT2D eigenvalue weighted by Crippen LogP contribution is 2.42. The normalized spacial score (nSPS) is 13.6. The van der Waals surface area contributed by atoms with Gasteiger partial charge in [-0.3, -0.25) is 4.98 Å². The number of aromatic nitrogens is 1. The van der Waals surface area contributed by atoms with E-state index < -0.39 is 0 Å². The fourth-order valence-corrected chi connectivity index (χ4v) is 3.15. The fourth-order valence-electron chi connectivity index (χ4n) is 3.15. The van der Waals surface area contributed by atoms with E-state index >= 15 is 0 Å². The van der Waals surface area contributed by atoms with Crippen LogP contribution in [0.1, 0.15) is 16.8 Å². The molecule has 0 bridgehead atoms. The summed E-state index contributed by atoms with van der Waals surface area (Å²) in [4.78, 5) is 4.41. The second-order valence-corrected chi connectivity index (χ2v) is 6.00. The van der Waals surface area contributed by atoms with Gasteiger partial charge in [0.1, 0.15) is 11.8 Å². The molecule has 0 fully saturated rings. The number of hydrogen-bond donors (Lipinski definition) is 1. The molecule has 0 spiro atoms. The van der Waals surface area contributed by atoms with Crippen molar-refractivity contribution in [3.63, 3.8) is 0 Å². The van der Waals surface area contributed by atoms with Crippen molar-refractivity contribution in [3.8, 4) is 23.3 Å². The lowest BCUT2D eigenvalue weighted by Crippen LogP contribution is -2.13. The van der Waals surface area contributed by atoms with Gasteiger partial charge in [-0.25, -0.2) is 0 Å². The van der Waals surface area contributed by atoms with Gasteiger partial charge < -0.3 is 19.5 Å². The Morgan fingerprint density at radius 2 is 1.86 bits per heavy atom. The minimum absolute atomic E-state index is 0.402. The number of benzene rings is 1. The highest BCUT2D eigenvalue weighted by molar-refractivity contribution is 6.08. The maximum Gasteiger partial charge on any atom is 0.203 e. The summed E-state index contributed by atoms with van der Waals surface area (Å²) in [5.41, 5.74) is 4.72. The van der Waals surface area contributed by atoms with Gasteiger partial charge in [0.15, 0.2) is 11.5 Å². The van der Waals surface area contributed by atoms with Crippen LogP contribution in [0, 0.1) is 11.3 Å². The van der Waals surface area contributed by atoms with Crippen LogP contribution in [0.4, 0.5) is 11.4 Å². The molecular formula is C19H16N6O3. The SMILES string of the molecule is COc1cc(Nc2c(C#N)cnc3c2C=C2N=NN=C2C3)cc(OC)c1OC. The van der Waals surface area contributed by atoms with Crippen molar-refractivity contribution in [1.82, 2.24) is 4.98 Å². The maximum atomic E-state index is 9.58. The lowest BCUT2D eigenvalue weighted by Gasteiger charge is -2.19. The minimum Gasteiger partial charge on any atom is -0.493 e. The van der Waals surface area contributed by atoms with E-state index in [1.807, 2.05) is 6.08 Å². The van der Waals surface area contributed by atoms with Gasteiger partial charge >= 0.3 is 0 Å². The molecule has 1 aromatic heterocycles. The van der Waals surface area contributed by atoms with Gasteiger partial charge in [0.05, 0.1) is 44.0 Å². The van der Waals surface area contributed by atoms with E-state index in [1.165, 1.54) is 0 Å². The molecule has 0 unspecified atom stereocenters. The fraction of sp³-hybridized carbons (Fsp3) is 0.211. The average molecular weight is 376 g/mol. The van der Waals surface area contributed by atoms with Gasteiger partial charge in [-0.2, -0.15) is 5.26 Å². The van der Waals surface area contributed by atoms with Crippen LogP contribution in [-0.2, 0) is 6.42 Å². The monoisotopic (exact) mass is 376 g/mol. The number of methoxy groups -OCH3 is 3. The summed E-state index contributed by atoms with van der Waals surface area (Å²) in [7, 11) is 4.64. The molecule has 28 heavy (non-hydrogen) atoms. The Hall–Kier alpha value is -3.93. The summed E-state index contributed by atoms with van der Waals surface area (Å²) < 4.78 is 16.2. The van der Waals surface area contributed by atoms with Crippen LogP contribution < -0.4 is 19.5 Å². The first-order chi connectivity index (χ1) is 13.7. The molecule has 2 aliphatic rings. The summed E-state index contributed by atoms with van der Waals surface area (Å²) in [5.74, 6) is 1.49. The van der Waals surface area contributed by atoms with Gasteiger partial charge in [0, 0.05) is 36.0 Å². The summed E-state index contributed by atoms with van der Waals surface area (Å²) >= 11 is 0. The molecule has 0 atom stereocenters. The van der Waals surface area contributed by atoms with Gasteiger partial charge in [0.2, 0.25) is 5.75 Å². The zero-order chi connectivity index (χ0) is 19.7. The Labute approximate surface area is 161 Å². The highest BCUT2D eigenvalue weighted by atomic mass is 16.5. The number of ether oxygens (including phenoxy) is 3. The number of nitrogens with zero attached hydrogens (tertiary/aromatic N) is 5. The van der Waals surface area contributed by atoms with E-state index in [9.17, 15) is 5.26 Å². The molecular weight excluding hydrogens is 360 g/mol. The van der Waals surface area contributed by atoms with E-state index in [0.29, 0.717) is 46.3 Å². The Morgan fingerprint density at radius 1 is 1.11 bits per heavy atom. The van der Waals surface area contributed by atoms with E-state index in [1.54, 1.807) is 39.7 Å². The third kappa shape index (κ3) is 2.81. The number of nitrogens with one attached hydrogen (secondary N) is 1. The molecule has 9 nitrogen and oxygen atoms in total. The lowest BCUT2D eigenvalue weighted by atomic mass is 9.95. The van der Waals surface area contributed by atoms with Gasteiger partial charge in [-0.15, -0.1) is 10.2 Å². The Kier molecular flexibility index (Phi) is 4.37. The molecule has 1 aliphatic carbocycles. The van der Waals surface area contributed by atoms with Crippen LogP contribution in [-0.4, -0.2) is 32.0 Å². The largest absolute Gasteiger partial charge is 0.493 e. The van der Waals surface area contributed by atoms with Crippen LogP contribution in [0.5, 0.6) is 17.2 Å². The van der Waals surface area contributed by atoms with E-state index in [2.05, 4.69) is 31.8 Å². The summed E-state index contributed by atoms with van der Waals surface area (Å²) in [6.07, 6.45) is 3.88. The molecule has 1 aromatic carbocycles. The third-order valence-electron chi connectivity index (χ3n) is 4.48. The highest BCUT2D eigenvalue weighted by Gasteiger charge is 2.25. The lowest BCUT2D eigenvalue weighted by molar-refractivity contribution is 0.324. The second-order valence-electron chi connectivity index (χ2n) is 6.00. The molecule has 2 aromatic rings. The predicted octanol–water partition coefficient (Wildman–Crippen LogP) is 3.44. The van der Waals surface area contributed by atoms with E-state index in [0.717, 1.165) is 17.0 Å². The van der Waals surface area contributed by atoms with E-state index in [4.69, 9.17) is 14.2 Å². The Bertz CT molecular complexity index is 1070. The molecule has 140 valence electrons. The summed E-state index contributed by atoms with van der Waals surface area (Å²) in [6.45, 7) is 0. The first kappa shape index (κ1) is 17.5. The van der Waals surface area contributed by atoms with Crippen LogP contribution in [0.25, 0.3) is 6.08 Å². The maximum absolute atomic E-state index is 9.58. The first-order valence-corrected chi connectivity index (χ1v) is 8.37. The zero-order valence-corrected chi connectivity index (χ0v) is 15.5. The summed E-state index contributed by atoms with van der Waals surface area (Å²) in [6, 6.07) is 5.72. The molecule has 0 amide bonds. The molecule has 0 saturated heterocycles. The summed E-state index contributed by atoms with van der Waals surface area (Å²) in [5, 5.41) is 24.6. The molecule has 4 rings (SSSR count). The van der Waals surface area contributed by atoms with E-state index in [-0.39, 0.29) is 0 Å². The van der Waals surface area contributed by atoms with Crippen molar-refractivity contribution < 1.29 is 14.2 Å². The standard InChI is InChI=1S/C19H16N6O3/c1-26-16-4-11(5-17(27-2)19(16)28-3)22-18-10(8-20)9-21-13-7-15-14(6-12(13)18)23-25-24-15/h4-6,9H,7H2,1-3H3,(H,21,22). The van der Waals surface area contributed by atoms with Crippen LogP contribution >= 0.6 is 0 Å². The number of pyridine rings is 1. The Balaban J connectivity index is 1.83. The average Bonchev–Trinajstić information content (AvgIpc) is 3.19.